The number of anilines is 1. The highest BCUT2D eigenvalue weighted by Gasteiger charge is 2.36. The molecule has 6 heteroatoms. The maximum absolute atomic E-state index is 12.2. The number of benzene rings is 2. The van der Waals surface area contributed by atoms with E-state index in [-0.39, 0.29) is 0 Å². The number of ether oxygens (including phenoxy) is 1. The van der Waals surface area contributed by atoms with Crippen molar-refractivity contribution in [3.05, 3.63) is 57.6 Å². The van der Waals surface area contributed by atoms with E-state index in [1.54, 1.807) is 30.3 Å². The first-order valence-electron chi connectivity index (χ1n) is 7.52. The van der Waals surface area contributed by atoms with Crippen LogP contribution in [0.5, 0.6) is 5.75 Å². The molecule has 1 amide bonds. The maximum Gasteiger partial charge on any atom is 0.299 e. The summed E-state index contributed by atoms with van der Waals surface area (Å²) in [6.07, 6.45) is 0.590. The van der Waals surface area contributed by atoms with Crippen molar-refractivity contribution in [2.75, 3.05) is 18.1 Å². The Kier molecular flexibility index (Phi) is 4.78. The Morgan fingerprint density at radius 2 is 1.88 bits per heavy atom. The molecule has 0 radical (unpaired) electrons. The number of carbonyl (C=O) groups is 2. The van der Waals surface area contributed by atoms with Crippen LogP contribution >= 0.6 is 23.2 Å². The van der Waals surface area contributed by atoms with Gasteiger partial charge in [-0.15, -0.1) is 0 Å². The molecule has 2 aromatic rings. The molecule has 1 aliphatic rings. The molecule has 0 aliphatic carbocycles. The van der Waals surface area contributed by atoms with E-state index in [0.717, 1.165) is 5.56 Å². The third-order valence-corrected chi connectivity index (χ3v) is 4.62. The SMILES string of the molecule is Cc1cccc2c1N(CCCOc1ccc(Cl)c(Cl)c1)C(=O)C2=O. The van der Waals surface area contributed by atoms with E-state index < -0.39 is 11.7 Å². The number of hydrogen-bond donors (Lipinski definition) is 0. The zero-order valence-electron chi connectivity index (χ0n) is 13.0. The minimum Gasteiger partial charge on any atom is -0.493 e. The molecule has 2 aromatic carbocycles. The molecule has 0 atom stereocenters. The van der Waals surface area contributed by atoms with Gasteiger partial charge in [-0.1, -0.05) is 35.3 Å². The Balaban J connectivity index is 1.62. The molecule has 0 N–H and O–H groups in total. The van der Waals surface area contributed by atoms with Crippen molar-refractivity contribution in [1.29, 1.82) is 0 Å². The lowest BCUT2D eigenvalue weighted by atomic mass is 10.1. The topological polar surface area (TPSA) is 46.6 Å². The summed E-state index contributed by atoms with van der Waals surface area (Å²) in [5.41, 5.74) is 2.10. The molecule has 0 fully saturated rings. The number of fused-ring (bicyclic) bond motifs is 1. The van der Waals surface area contributed by atoms with E-state index in [2.05, 4.69) is 0 Å². The van der Waals surface area contributed by atoms with Crippen LogP contribution in [0.2, 0.25) is 10.0 Å². The predicted octanol–water partition coefficient (Wildman–Crippen LogP) is 4.30. The first-order chi connectivity index (χ1) is 11.5. The average molecular weight is 364 g/mol. The molecular formula is C18H15Cl2NO3. The van der Waals surface area contributed by atoms with Gasteiger partial charge >= 0.3 is 0 Å². The highest BCUT2D eigenvalue weighted by Crippen LogP contribution is 2.32. The van der Waals surface area contributed by atoms with Crippen LogP contribution in [0.25, 0.3) is 0 Å². The molecule has 1 aliphatic heterocycles. The molecule has 0 bridgehead atoms. The highest BCUT2D eigenvalue weighted by molar-refractivity contribution is 6.52. The summed E-state index contributed by atoms with van der Waals surface area (Å²) in [5, 5.41) is 0.899. The van der Waals surface area contributed by atoms with Crippen molar-refractivity contribution in [2.24, 2.45) is 0 Å². The van der Waals surface area contributed by atoms with E-state index in [9.17, 15) is 9.59 Å². The van der Waals surface area contributed by atoms with Crippen LogP contribution in [0.4, 0.5) is 5.69 Å². The van der Waals surface area contributed by atoms with Crippen LogP contribution in [0, 0.1) is 6.92 Å². The van der Waals surface area contributed by atoms with Crippen molar-refractivity contribution in [2.45, 2.75) is 13.3 Å². The molecule has 0 aromatic heterocycles. The second-order valence-electron chi connectivity index (χ2n) is 5.53. The number of para-hydroxylation sites is 1. The lowest BCUT2D eigenvalue weighted by molar-refractivity contribution is -0.114. The summed E-state index contributed by atoms with van der Waals surface area (Å²) in [4.78, 5) is 25.7. The van der Waals surface area contributed by atoms with Gasteiger partial charge in [0.05, 0.1) is 27.9 Å². The van der Waals surface area contributed by atoms with E-state index in [4.69, 9.17) is 27.9 Å². The van der Waals surface area contributed by atoms with Gasteiger partial charge in [-0.25, -0.2) is 0 Å². The van der Waals surface area contributed by atoms with Crippen LogP contribution in [-0.4, -0.2) is 24.8 Å². The molecule has 124 valence electrons. The van der Waals surface area contributed by atoms with Crippen molar-refractivity contribution < 1.29 is 14.3 Å². The number of ketones is 1. The van der Waals surface area contributed by atoms with Crippen LogP contribution < -0.4 is 9.64 Å². The smallest absolute Gasteiger partial charge is 0.299 e. The van der Waals surface area contributed by atoms with E-state index in [1.807, 2.05) is 13.0 Å². The normalized spacial score (nSPS) is 13.4. The molecule has 0 saturated heterocycles. The number of rotatable bonds is 5. The summed E-state index contributed by atoms with van der Waals surface area (Å²) in [5.74, 6) is -0.308. The molecule has 1 heterocycles. The Hall–Kier alpha value is -2.04. The fourth-order valence-corrected chi connectivity index (χ4v) is 3.02. The molecule has 0 saturated carbocycles. The van der Waals surface area contributed by atoms with Crippen LogP contribution in [0.15, 0.2) is 36.4 Å². The van der Waals surface area contributed by atoms with Gasteiger partial charge in [-0.3, -0.25) is 9.59 Å². The number of nitrogens with zero attached hydrogens (tertiary/aromatic N) is 1. The third kappa shape index (κ3) is 3.12. The first kappa shape index (κ1) is 16.8. The molecule has 4 nitrogen and oxygen atoms in total. The predicted molar refractivity (Wildman–Crippen MR) is 94.4 cm³/mol. The largest absolute Gasteiger partial charge is 0.493 e. The molecule has 0 spiro atoms. The highest BCUT2D eigenvalue weighted by atomic mass is 35.5. The summed E-state index contributed by atoms with van der Waals surface area (Å²) in [7, 11) is 0. The Labute approximate surface area is 149 Å². The van der Waals surface area contributed by atoms with Gasteiger partial charge in [-0.2, -0.15) is 0 Å². The van der Waals surface area contributed by atoms with Gasteiger partial charge in [0.25, 0.3) is 11.7 Å². The Morgan fingerprint density at radius 3 is 2.62 bits per heavy atom. The summed E-state index contributed by atoms with van der Waals surface area (Å²) >= 11 is 11.8. The van der Waals surface area contributed by atoms with Crippen molar-refractivity contribution in [3.63, 3.8) is 0 Å². The van der Waals surface area contributed by atoms with Gasteiger partial charge in [0.1, 0.15) is 5.75 Å². The zero-order chi connectivity index (χ0) is 17.3. The lowest BCUT2D eigenvalue weighted by Gasteiger charge is -2.18. The van der Waals surface area contributed by atoms with Gasteiger partial charge in [-0.05, 0) is 37.1 Å². The standard InChI is InChI=1S/C18H15Cl2NO3/c1-11-4-2-5-13-16(11)21(18(23)17(13)22)8-3-9-24-12-6-7-14(19)15(20)10-12/h2,4-7,10H,3,8-9H2,1H3. The number of aryl methyl sites for hydroxylation is 1. The average Bonchev–Trinajstić information content (AvgIpc) is 2.81. The lowest BCUT2D eigenvalue weighted by Crippen LogP contribution is -2.31. The van der Waals surface area contributed by atoms with Gasteiger partial charge in [0, 0.05) is 12.6 Å². The summed E-state index contributed by atoms with van der Waals surface area (Å²) in [6, 6.07) is 10.4. The summed E-state index contributed by atoms with van der Waals surface area (Å²) in [6.45, 7) is 2.71. The molecular weight excluding hydrogens is 349 g/mol. The third-order valence-electron chi connectivity index (χ3n) is 3.88. The summed E-state index contributed by atoms with van der Waals surface area (Å²) < 4.78 is 5.62. The first-order valence-corrected chi connectivity index (χ1v) is 8.28. The second kappa shape index (κ2) is 6.83. The molecule has 0 unspecified atom stereocenters. The van der Waals surface area contributed by atoms with Gasteiger partial charge in [0.2, 0.25) is 0 Å². The zero-order valence-corrected chi connectivity index (χ0v) is 14.5. The van der Waals surface area contributed by atoms with Gasteiger partial charge < -0.3 is 9.64 Å². The van der Waals surface area contributed by atoms with E-state index in [0.29, 0.717) is 46.6 Å². The number of carbonyl (C=O) groups excluding carboxylic acids is 2. The van der Waals surface area contributed by atoms with Crippen molar-refractivity contribution in [1.82, 2.24) is 0 Å². The minimum atomic E-state index is -0.478. The van der Waals surface area contributed by atoms with Crippen LogP contribution in [0.3, 0.4) is 0 Å². The van der Waals surface area contributed by atoms with E-state index >= 15 is 0 Å². The van der Waals surface area contributed by atoms with Crippen molar-refractivity contribution in [3.8, 4) is 5.75 Å². The quantitative estimate of drug-likeness (QED) is 0.587. The fourth-order valence-electron chi connectivity index (χ4n) is 2.73. The molecule has 24 heavy (non-hydrogen) atoms. The van der Waals surface area contributed by atoms with Crippen LogP contribution in [0.1, 0.15) is 22.3 Å². The number of halogens is 2. The van der Waals surface area contributed by atoms with E-state index in [1.165, 1.54) is 4.90 Å². The molecule has 3 rings (SSSR count). The number of Topliss-reactive ketones (excluding diaryl/α,β-unsaturated/α-hetero) is 1. The number of hydrogen-bond acceptors (Lipinski definition) is 3. The maximum atomic E-state index is 12.2. The monoisotopic (exact) mass is 363 g/mol. The Bertz CT molecular complexity index is 820. The van der Waals surface area contributed by atoms with Crippen molar-refractivity contribution >= 4 is 40.6 Å². The fraction of sp³-hybridized carbons (Fsp3) is 0.222. The Morgan fingerprint density at radius 1 is 1.08 bits per heavy atom. The van der Waals surface area contributed by atoms with Crippen LogP contribution in [-0.2, 0) is 4.79 Å². The second-order valence-corrected chi connectivity index (χ2v) is 6.35. The number of amides is 1. The minimum absolute atomic E-state index is 0.400. The van der Waals surface area contributed by atoms with Gasteiger partial charge in [0.15, 0.2) is 0 Å².